The third-order valence-electron chi connectivity index (χ3n) is 4.57. The fourth-order valence-electron chi connectivity index (χ4n) is 3.05. The fraction of sp³-hybridized carbons (Fsp3) is 0.333. The summed E-state index contributed by atoms with van der Waals surface area (Å²) in [5.74, 6) is 0.869. The van der Waals surface area contributed by atoms with E-state index in [1.54, 1.807) is 41.1 Å². The van der Waals surface area contributed by atoms with Crippen molar-refractivity contribution in [2.24, 2.45) is 0 Å². The Balaban J connectivity index is 1.46. The Morgan fingerprint density at radius 1 is 1.15 bits per heavy atom. The van der Waals surface area contributed by atoms with Crippen molar-refractivity contribution in [2.75, 3.05) is 31.6 Å². The molecule has 1 fully saturated rings. The number of nitrogens with zero attached hydrogens (tertiary/aromatic N) is 2. The molecule has 6 heteroatoms. The molecule has 0 radical (unpaired) electrons. The second kappa shape index (κ2) is 8.91. The van der Waals surface area contributed by atoms with E-state index in [9.17, 15) is 9.59 Å². The van der Waals surface area contributed by atoms with Crippen molar-refractivity contribution in [1.82, 2.24) is 4.90 Å². The predicted octanol–water partition coefficient (Wildman–Crippen LogP) is 4.01. The van der Waals surface area contributed by atoms with Crippen LogP contribution < -0.4 is 9.64 Å². The highest BCUT2D eigenvalue weighted by Gasteiger charge is 2.22. The predicted molar refractivity (Wildman–Crippen MR) is 107 cm³/mol. The molecule has 1 aliphatic rings. The molecule has 27 heavy (non-hydrogen) atoms. The zero-order valence-electron chi connectivity index (χ0n) is 15.4. The first kappa shape index (κ1) is 19.2. The molecule has 3 rings (SSSR count). The maximum absolute atomic E-state index is 12.5. The molecular weight excluding hydrogens is 364 g/mol. The van der Waals surface area contributed by atoms with Crippen LogP contribution in [0.3, 0.4) is 0 Å². The van der Waals surface area contributed by atoms with Gasteiger partial charge in [-0.3, -0.25) is 9.59 Å². The Bertz CT molecular complexity index is 790. The van der Waals surface area contributed by atoms with Gasteiger partial charge >= 0.3 is 0 Å². The molecular formula is C21H23ClN2O3. The number of hydrogen-bond donors (Lipinski definition) is 0. The van der Waals surface area contributed by atoms with Gasteiger partial charge in [-0.05, 0) is 61.4 Å². The lowest BCUT2D eigenvalue weighted by Crippen LogP contribution is -2.29. The summed E-state index contributed by atoms with van der Waals surface area (Å²) in [5.41, 5.74) is 1.47. The summed E-state index contributed by atoms with van der Waals surface area (Å²) in [5, 5.41) is 0.674. The summed E-state index contributed by atoms with van der Waals surface area (Å²) in [6, 6.07) is 14.5. The first-order chi connectivity index (χ1) is 13.0. The van der Waals surface area contributed by atoms with Gasteiger partial charge in [-0.2, -0.15) is 0 Å². The summed E-state index contributed by atoms with van der Waals surface area (Å²) in [4.78, 5) is 27.8. The number of anilines is 1. The van der Waals surface area contributed by atoms with E-state index in [-0.39, 0.29) is 11.8 Å². The standard InChI is InChI=1S/C21H23ClN2O3/c1-23(13-3-15-27-19-11-7-17(22)8-12-19)21(26)16-5-9-18(10-6-16)24-14-2-4-20(24)25/h5-12H,2-4,13-15H2,1H3. The molecule has 0 atom stereocenters. The summed E-state index contributed by atoms with van der Waals surface area (Å²) in [6.07, 6.45) is 2.22. The van der Waals surface area contributed by atoms with Crippen molar-refractivity contribution in [3.8, 4) is 5.75 Å². The SMILES string of the molecule is CN(CCCOc1ccc(Cl)cc1)C(=O)c1ccc(N2CCCC2=O)cc1. The molecule has 0 saturated carbocycles. The van der Waals surface area contributed by atoms with E-state index < -0.39 is 0 Å². The second-order valence-corrected chi connectivity index (χ2v) is 7.01. The molecule has 0 aromatic heterocycles. The molecule has 142 valence electrons. The molecule has 1 aliphatic heterocycles. The van der Waals surface area contributed by atoms with E-state index in [0.29, 0.717) is 30.2 Å². The summed E-state index contributed by atoms with van der Waals surface area (Å²) in [6.45, 7) is 1.87. The molecule has 2 amide bonds. The number of carbonyl (C=O) groups is 2. The largest absolute Gasteiger partial charge is 0.494 e. The van der Waals surface area contributed by atoms with Crippen LogP contribution in [0.25, 0.3) is 0 Å². The van der Waals surface area contributed by atoms with Gasteiger partial charge in [0.2, 0.25) is 5.91 Å². The van der Waals surface area contributed by atoms with E-state index in [1.165, 1.54) is 0 Å². The van der Waals surface area contributed by atoms with Crippen molar-refractivity contribution in [3.05, 3.63) is 59.1 Å². The number of benzene rings is 2. The molecule has 5 nitrogen and oxygen atoms in total. The van der Waals surface area contributed by atoms with Gasteiger partial charge in [0.15, 0.2) is 0 Å². The van der Waals surface area contributed by atoms with Gasteiger partial charge in [-0.15, -0.1) is 0 Å². The van der Waals surface area contributed by atoms with Crippen LogP contribution in [0, 0.1) is 0 Å². The van der Waals surface area contributed by atoms with Crippen molar-refractivity contribution >= 4 is 29.1 Å². The quantitative estimate of drug-likeness (QED) is 0.675. The Labute approximate surface area is 164 Å². The minimum absolute atomic E-state index is 0.0409. The average Bonchev–Trinajstić information content (AvgIpc) is 3.12. The lowest BCUT2D eigenvalue weighted by molar-refractivity contribution is -0.117. The van der Waals surface area contributed by atoms with Gasteiger partial charge in [0.25, 0.3) is 5.91 Å². The fourth-order valence-corrected chi connectivity index (χ4v) is 3.18. The highest BCUT2D eigenvalue weighted by atomic mass is 35.5. The lowest BCUT2D eigenvalue weighted by Gasteiger charge is -2.19. The maximum atomic E-state index is 12.5. The molecule has 0 aliphatic carbocycles. The minimum Gasteiger partial charge on any atom is -0.494 e. The summed E-state index contributed by atoms with van der Waals surface area (Å²) in [7, 11) is 1.78. The third-order valence-corrected chi connectivity index (χ3v) is 4.82. The van der Waals surface area contributed by atoms with Gasteiger partial charge in [-0.1, -0.05) is 11.6 Å². The number of amides is 2. The van der Waals surface area contributed by atoms with Crippen LogP contribution in [0.5, 0.6) is 5.75 Å². The van der Waals surface area contributed by atoms with Crippen molar-refractivity contribution in [1.29, 1.82) is 0 Å². The van der Waals surface area contributed by atoms with Crippen LogP contribution >= 0.6 is 11.6 Å². The molecule has 2 aromatic carbocycles. The zero-order valence-corrected chi connectivity index (χ0v) is 16.1. The maximum Gasteiger partial charge on any atom is 0.253 e. The number of rotatable bonds is 7. The van der Waals surface area contributed by atoms with Gasteiger partial charge in [0.1, 0.15) is 5.75 Å². The number of halogens is 1. The van der Waals surface area contributed by atoms with Gasteiger partial charge in [0.05, 0.1) is 6.61 Å². The highest BCUT2D eigenvalue weighted by Crippen LogP contribution is 2.22. The molecule has 0 spiro atoms. The van der Waals surface area contributed by atoms with Crippen LogP contribution in [-0.4, -0.2) is 43.5 Å². The Hall–Kier alpha value is -2.53. The molecule has 2 aromatic rings. The van der Waals surface area contributed by atoms with Crippen molar-refractivity contribution in [3.63, 3.8) is 0 Å². The smallest absolute Gasteiger partial charge is 0.253 e. The van der Waals surface area contributed by atoms with Crippen LogP contribution in [0.2, 0.25) is 5.02 Å². The molecule has 1 heterocycles. The first-order valence-corrected chi connectivity index (χ1v) is 9.46. The number of ether oxygens (including phenoxy) is 1. The Morgan fingerprint density at radius 3 is 2.48 bits per heavy atom. The lowest BCUT2D eigenvalue weighted by atomic mass is 10.1. The van der Waals surface area contributed by atoms with Gasteiger partial charge < -0.3 is 14.5 Å². The Kier molecular flexibility index (Phi) is 6.35. The van der Waals surface area contributed by atoms with Gasteiger partial charge in [-0.25, -0.2) is 0 Å². The number of hydrogen-bond acceptors (Lipinski definition) is 3. The normalized spacial score (nSPS) is 13.7. The van der Waals surface area contributed by atoms with Crippen LogP contribution in [0.4, 0.5) is 5.69 Å². The topological polar surface area (TPSA) is 49.9 Å². The van der Waals surface area contributed by atoms with E-state index in [2.05, 4.69) is 0 Å². The van der Waals surface area contributed by atoms with Crippen molar-refractivity contribution < 1.29 is 14.3 Å². The summed E-state index contributed by atoms with van der Waals surface area (Å²) < 4.78 is 5.65. The van der Waals surface area contributed by atoms with E-state index in [0.717, 1.165) is 30.8 Å². The summed E-state index contributed by atoms with van der Waals surface area (Å²) >= 11 is 5.84. The second-order valence-electron chi connectivity index (χ2n) is 6.58. The van der Waals surface area contributed by atoms with Gasteiger partial charge in [0, 0.05) is 42.8 Å². The van der Waals surface area contributed by atoms with Crippen LogP contribution in [0.15, 0.2) is 48.5 Å². The zero-order chi connectivity index (χ0) is 19.2. The molecule has 1 saturated heterocycles. The first-order valence-electron chi connectivity index (χ1n) is 9.09. The monoisotopic (exact) mass is 386 g/mol. The molecule has 0 bridgehead atoms. The van der Waals surface area contributed by atoms with E-state index in [1.807, 2.05) is 24.3 Å². The Morgan fingerprint density at radius 2 is 1.85 bits per heavy atom. The van der Waals surface area contributed by atoms with E-state index in [4.69, 9.17) is 16.3 Å². The minimum atomic E-state index is -0.0409. The van der Waals surface area contributed by atoms with Crippen LogP contribution in [-0.2, 0) is 4.79 Å². The third kappa shape index (κ3) is 5.01. The van der Waals surface area contributed by atoms with Crippen LogP contribution in [0.1, 0.15) is 29.6 Å². The molecule has 0 unspecified atom stereocenters. The highest BCUT2D eigenvalue weighted by molar-refractivity contribution is 6.30. The average molecular weight is 387 g/mol. The number of carbonyl (C=O) groups excluding carboxylic acids is 2. The van der Waals surface area contributed by atoms with E-state index >= 15 is 0 Å². The van der Waals surface area contributed by atoms with Crippen molar-refractivity contribution in [2.45, 2.75) is 19.3 Å². The molecule has 0 N–H and O–H groups in total.